The Hall–Kier alpha value is -4.15. The minimum Gasteiger partial charge on any atom is -0.481 e. The number of carboxylic acid groups (broad SMARTS) is 1. The third-order valence-electron chi connectivity index (χ3n) is 5.56. The highest BCUT2D eigenvalue weighted by molar-refractivity contribution is 5.92. The van der Waals surface area contributed by atoms with Crippen LogP contribution in [-0.4, -0.2) is 46.9 Å². The number of carbonyl (C=O) groups excluding carboxylic acids is 4. The lowest BCUT2D eigenvalue weighted by Gasteiger charge is -2.19. The van der Waals surface area contributed by atoms with E-state index in [1.807, 2.05) is 13.0 Å². The van der Waals surface area contributed by atoms with Crippen molar-refractivity contribution >= 4 is 35.4 Å². The molecule has 0 spiro atoms. The summed E-state index contributed by atoms with van der Waals surface area (Å²) in [5, 5.41) is 19.3. The first-order valence-corrected chi connectivity index (χ1v) is 11.7. The molecule has 1 aromatic carbocycles. The second-order valence-corrected chi connectivity index (χ2v) is 8.59. The van der Waals surface area contributed by atoms with Gasteiger partial charge in [-0.15, -0.1) is 0 Å². The fraction of sp³-hybridized carbons (Fsp3) is 0.400. The van der Waals surface area contributed by atoms with Gasteiger partial charge in [-0.1, -0.05) is 24.3 Å². The third kappa shape index (κ3) is 9.61. The average molecular weight is 500 g/mol. The highest BCUT2D eigenvalue weighted by Gasteiger charge is 2.22. The van der Waals surface area contributed by atoms with Crippen LogP contribution in [0.4, 0.5) is 10.5 Å². The van der Waals surface area contributed by atoms with Crippen LogP contribution in [0.15, 0.2) is 47.7 Å². The fourth-order valence-corrected chi connectivity index (χ4v) is 3.54. The van der Waals surface area contributed by atoms with Crippen LogP contribution in [-0.2, 0) is 25.6 Å². The number of benzene rings is 1. The van der Waals surface area contributed by atoms with Gasteiger partial charge in [-0.2, -0.15) is 0 Å². The first-order valence-electron chi connectivity index (χ1n) is 11.7. The molecule has 194 valence electrons. The summed E-state index contributed by atoms with van der Waals surface area (Å²) < 4.78 is 0. The number of allylic oxidation sites excluding steroid dienone is 4. The maximum Gasteiger partial charge on any atom is 0.323 e. The number of carbonyl (C=O) groups is 5. The Morgan fingerprint density at radius 2 is 1.75 bits per heavy atom. The molecule has 1 aliphatic rings. The molecule has 0 saturated carbocycles. The van der Waals surface area contributed by atoms with Crippen LogP contribution in [0.3, 0.4) is 0 Å². The predicted octanol–water partition coefficient (Wildman–Crippen LogP) is 1.70. The monoisotopic (exact) mass is 499 g/mol. The molecule has 0 aliphatic heterocycles. The first-order chi connectivity index (χ1) is 17.0. The van der Waals surface area contributed by atoms with Crippen LogP contribution >= 0.6 is 0 Å². The molecule has 11 nitrogen and oxygen atoms in total. The van der Waals surface area contributed by atoms with Crippen molar-refractivity contribution in [2.75, 3.05) is 5.32 Å². The van der Waals surface area contributed by atoms with Crippen molar-refractivity contribution in [3.05, 3.63) is 53.3 Å². The maximum absolute atomic E-state index is 12.4. The van der Waals surface area contributed by atoms with Gasteiger partial charge in [0.15, 0.2) is 0 Å². The van der Waals surface area contributed by atoms with E-state index in [0.29, 0.717) is 11.3 Å². The first kappa shape index (κ1) is 28.1. The smallest absolute Gasteiger partial charge is 0.323 e. The van der Waals surface area contributed by atoms with Crippen LogP contribution in [0.5, 0.6) is 0 Å². The van der Waals surface area contributed by atoms with Crippen molar-refractivity contribution in [3.8, 4) is 0 Å². The summed E-state index contributed by atoms with van der Waals surface area (Å²) >= 11 is 0. The molecule has 36 heavy (non-hydrogen) atoms. The van der Waals surface area contributed by atoms with Gasteiger partial charge >= 0.3 is 12.0 Å². The highest BCUT2D eigenvalue weighted by atomic mass is 16.4. The van der Waals surface area contributed by atoms with E-state index in [-0.39, 0.29) is 31.7 Å². The summed E-state index contributed by atoms with van der Waals surface area (Å²) in [5.41, 5.74) is 8.41. The molecule has 2 atom stereocenters. The minimum atomic E-state index is -1.02. The number of urea groups is 1. The number of hydrogen-bond acceptors (Lipinski definition) is 5. The summed E-state index contributed by atoms with van der Waals surface area (Å²) in [6.45, 7) is 3.40. The molecule has 11 heteroatoms. The van der Waals surface area contributed by atoms with Crippen molar-refractivity contribution in [3.63, 3.8) is 0 Å². The van der Waals surface area contributed by atoms with E-state index in [1.165, 1.54) is 6.92 Å². The van der Waals surface area contributed by atoms with Gasteiger partial charge in [0, 0.05) is 17.8 Å². The van der Waals surface area contributed by atoms with Crippen molar-refractivity contribution in [2.45, 2.75) is 64.5 Å². The fourth-order valence-electron chi connectivity index (χ4n) is 3.54. The molecule has 0 saturated heterocycles. The zero-order valence-electron chi connectivity index (χ0n) is 20.4. The standard InChI is InChI=1S/C25H33N5O6/c1-15-6-3-4-7-19(15)30-25(36)28-18-12-10-17(11-13-18)14-21(31)27-16(2)24(35)29-20(23(26)34)8-5-9-22(32)33/h3,6,10-13,16,20H,4-5,7-9,14H2,1-2H3,(H2,26,34)(H,27,31)(H,29,35)(H,32,33)(H2,28,30,36)/t16?,20-/m0/s1. The van der Waals surface area contributed by atoms with Gasteiger partial charge in [0.2, 0.25) is 17.7 Å². The van der Waals surface area contributed by atoms with Crippen LogP contribution < -0.4 is 27.0 Å². The quantitative estimate of drug-likeness (QED) is 0.255. The van der Waals surface area contributed by atoms with Gasteiger partial charge < -0.3 is 32.1 Å². The Labute approximate surface area is 209 Å². The molecular formula is C25H33N5O6. The normalized spacial score (nSPS) is 14.4. The number of nitrogens with two attached hydrogens (primary N) is 1. The zero-order valence-corrected chi connectivity index (χ0v) is 20.4. The Balaban J connectivity index is 1.81. The number of anilines is 1. The topological polar surface area (TPSA) is 180 Å². The lowest BCUT2D eigenvalue weighted by atomic mass is 10.1. The maximum atomic E-state index is 12.4. The number of primary amides is 1. The van der Waals surface area contributed by atoms with E-state index >= 15 is 0 Å². The van der Waals surface area contributed by atoms with Crippen LogP contribution in [0.1, 0.15) is 51.5 Å². The molecule has 1 aromatic rings. The predicted molar refractivity (Wildman–Crippen MR) is 134 cm³/mol. The summed E-state index contributed by atoms with van der Waals surface area (Å²) in [7, 11) is 0. The highest BCUT2D eigenvalue weighted by Crippen LogP contribution is 2.16. The third-order valence-corrected chi connectivity index (χ3v) is 5.56. The number of hydrogen-bond donors (Lipinski definition) is 6. The van der Waals surface area contributed by atoms with Gasteiger partial charge in [-0.05, 0) is 62.8 Å². The number of carboxylic acids is 1. The van der Waals surface area contributed by atoms with Gasteiger partial charge in [0.05, 0.1) is 6.42 Å². The lowest BCUT2D eigenvalue weighted by Crippen LogP contribution is -2.52. The molecule has 1 aliphatic carbocycles. The van der Waals surface area contributed by atoms with Crippen LogP contribution in [0.2, 0.25) is 0 Å². The van der Waals surface area contributed by atoms with Gasteiger partial charge in [0.25, 0.3) is 0 Å². The molecule has 0 aromatic heterocycles. The molecule has 7 N–H and O–H groups in total. The lowest BCUT2D eigenvalue weighted by molar-refractivity contribution is -0.137. The Morgan fingerprint density at radius 3 is 2.36 bits per heavy atom. The molecular weight excluding hydrogens is 466 g/mol. The largest absolute Gasteiger partial charge is 0.481 e. The SMILES string of the molecule is CC1=C(NC(=O)Nc2ccc(CC(=O)NC(C)C(=O)N[C@@H](CCCC(=O)O)C(N)=O)cc2)CCC=C1. The van der Waals surface area contributed by atoms with Crippen molar-refractivity contribution in [1.82, 2.24) is 16.0 Å². The molecule has 2 rings (SSSR count). The second kappa shape index (κ2) is 13.7. The van der Waals surface area contributed by atoms with E-state index in [2.05, 4.69) is 27.3 Å². The Morgan fingerprint density at radius 1 is 1.06 bits per heavy atom. The summed E-state index contributed by atoms with van der Waals surface area (Å²) in [5.74, 6) is -2.81. The number of rotatable bonds is 12. The van der Waals surface area contributed by atoms with Crippen LogP contribution in [0.25, 0.3) is 0 Å². The summed E-state index contributed by atoms with van der Waals surface area (Å²) in [6.07, 6.45) is 5.79. The Kier molecular flexibility index (Phi) is 10.7. The van der Waals surface area contributed by atoms with E-state index in [9.17, 15) is 24.0 Å². The molecule has 5 amide bonds. The van der Waals surface area contributed by atoms with Crippen molar-refractivity contribution < 1.29 is 29.1 Å². The van der Waals surface area contributed by atoms with Crippen LogP contribution in [0, 0.1) is 0 Å². The summed E-state index contributed by atoms with van der Waals surface area (Å²) in [6, 6.07) is 4.43. The number of aliphatic carboxylic acids is 1. The van der Waals surface area contributed by atoms with E-state index < -0.39 is 35.8 Å². The molecule has 1 unspecified atom stereocenters. The summed E-state index contributed by atoms with van der Waals surface area (Å²) in [4.78, 5) is 59.1. The van der Waals surface area contributed by atoms with E-state index in [1.54, 1.807) is 24.3 Å². The molecule has 0 fully saturated rings. The Bertz CT molecular complexity index is 1050. The second-order valence-electron chi connectivity index (χ2n) is 8.59. The number of amides is 5. The van der Waals surface area contributed by atoms with Gasteiger partial charge in [-0.25, -0.2) is 4.79 Å². The molecule has 0 heterocycles. The minimum absolute atomic E-state index is 0.000368. The van der Waals surface area contributed by atoms with Gasteiger partial charge in [0.1, 0.15) is 12.1 Å². The van der Waals surface area contributed by atoms with E-state index in [0.717, 1.165) is 24.1 Å². The van der Waals surface area contributed by atoms with Crippen molar-refractivity contribution in [1.29, 1.82) is 0 Å². The molecule has 0 radical (unpaired) electrons. The zero-order chi connectivity index (χ0) is 26.7. The average Bonchev–Trinajstić information content (AvgIpc) is 2.80. The van der Waals surface area contributed by atoms with Crippen molar-refractivity contribution in [2.24, 2.45) is 5.73 Å². The molecule has 0 bridgehead atoms. The van der Waals surface area contributed by atoms with E-state index in [4.69, 9.17) is 10.8 Å². The number of nitrogens with one attached hydrogen (secondary N) is 4. The van der Waals surface area contributed by atoms with Gasteiger partial charge in [-0.3, -0.25) is 19.2 Å².